The SMILES string of the molecule is C#CC[C@]1(C(=O)OC)COC(c2ccccc2)=N1. The maximum atomic E-state index is 11.8. The van der Waals surface area contributed by atoms with Crippen molar-refractivity contribution >= 4 is 11.9 Å². The average Bonchev–Trinajstić information content (AvgIpc) is 2.85. The Labute approximate surface area is 106 Å². The molecular weight excluding hydrogens is 230 g/mol. The summed E-state index contributed by atoms with van der Waals surface area (Å²) >= 11 is 0. The van der Waals surface area contributed by atoms with Gasteiger partial charge in [0.1, 0.15) is 6.61 Å². The van der Waals surface area contributed by atoms with Gasteiger partial charge in [-0.2, -0.15) is 0 Å². The molecular formula is C14H13NO3. The van der Waals surface area contributed by atoms with Crippen molar-refractivity contribution in [2.45, 2.75) is 12.0 Å². The van der Waals surface area contributed by atoms with Crippen LogP contribution in [0.25, 0.3) is 0 Å². The molecule has 0 aromatic heterocycles. The zero-order chi connectivity index (χ0) is 13.0. The maximum absolute atomic E-state index is 11.8. The van der Waals surface area contributed by atoms with Crippen LogP contribution in [0.3, 0.4) is 0 Å². The second-order valence-electron chi connectivity index (χ2n) is 3.98. The van der Waals surface area contributed by atoms with Gasteiger partial charge in [-0.3, -0.25) is 0 Å². The summed E-state index contributed by atoms with van der Waals surface area (Å²) < 4.78 is 10.2. The van der Waals surface area contributed by atoms with Gasteiger partial charge in [-0.05, 0) is 12.1 Å². The number of ether oxygens (including phenoxy) is 2. The largest absolute Gasteiger partial charge is 0.474 e. The van der Waals surface area contributed by atoms with Crippen molar-refractivity contribution in [1.82, 2.24) is 0 Å². The summed E-state index contributed by atoms with van der Waals surface area (Å²) in [4.78, 5) is 16.1. The Morgan fingerprint density at radius 2 is 2.28 bits per heavy atom. The van der Waals surface area contributed by atoms with Crippen LogP contribution in [0.2, 0.25) is 0 Å². The van der Waals surface area contributed by atoms with Gasteiger partial charge in [-0.25, -0.2) is 9.79 Å². The number of benzene rings is 1. The van der Waals surface area contributed by atoms with Gasteiger partial charge in [-0.1, -0.05) is 18.2 Å². The fraction of sp³-hybridized carbons (Fsp3) is 0.286. The van der Waals surface area contributed by atoms with Crippen LogP contribution in [-0.2, 0) is 14.3 Å². The predicted octanol–water partition coefficient (Wildman–Crippen LogP) is 1.40. The second kappa shape index (κ2) is 4.92. The number of carbonyl (C=O) groups is 1. The highest BCUT2D eigenvalue weighted by molar-refractivity contribution is 5.99. The molecule has 1 aliphatic rings. The molecule has 2 rings (SSSR count). The number of rotatable bonds is 3. The first-order valence-electron chi connectivity index (χ1n) is 5.52. The summed E-state index contributed by atoms with van der Waals surface area (Å²) in [5.41, 5.74) is -0.283. The number of hydrogen-bond acceptors (Lipinski definition) is 4. The molecule has 1 atom stereocenters. The summed E-state index contributed by atoms with van der Waals surface area (Å²) in [5.74, 6) is 2.41. The molecule has 4 nitrogen and oxygen atoms in total. The number of terminal acetylenes is 1. The molecule has 1 aliphatic heterocycles. The molecule has 0 fully saturated rings. The Morgan fingerprint density at radius 3 is 2.89 bits per heavy atom. The first-order valence-corrected chi connectivity index (χ1v) is 5.52. The average molecular weight is 243 g/mol. The van der Waals surface area contributed by atoms with Crippen molar-refractivity contribution in [3.8, 4) is 12.3 Å². The van der Waals surface area contributed by atoms with Crippen molar-refractivity contribution in [1.29, 1.82) is 0 Å². The molecule has 0 amide bonds. The molecule has 0 N–H and O–H groups in total. The van der Waals surface area contributed by atoms with Gasteiger partial charge in [0, 0.05) is 12.0 Å². The van der Waals surface area contributed by atoms with Gasteiger partial charge in [0.15, 0.2) is 0 Å². The molecule has 0 bridgehead atoms. The molecule has 1 heterocycles. The third-order valence-corrected chi connectivity index (χ3v) is 2.74. The molecule has 0 spiro atoms. The minimum atomic E-state index is -1.10. The lowest BCUT2D eigenvalue weighted by atomic mass is 9.98. The first kappa shape index (κ1) is 12.2. The van der Waals surface area contributed by atoms with Crippen molar-refractivity contribution in [2.24, 2.45) is 4.99 Å². The van der Waals surface area contributed by atoms with Crippen LogP contribution in [0.15, 0.2) is 35.3 Å². The van der Waals surface area contributed by atoms with Crippen LogP contribution in [0, 0.1) is 12.3 Å². The van der Waals surface area contributed by atoms with E-state index in [1.54, 1.807) is 0 Å². The lowest BCUT2D eigenvalue weighted by molar-refractivity contribution is -0.147. The molecule has 18 heavy (non-hydrogen) atoms. The molecule has 0 saturated carbocycles. The van der Waals surface area contributed by atoms with Crippen LogP contribution in [0.4, 0.5) is 0 Å². The second-order valence-corrected chi connectivity index (χ2v) is 3.98. The topological polar surface area (TPSA) is 47.9 Å². The number of carbonyl (C=O) groups excluding carboxylic acids is 1. The van der Waals surface area contributed by atoms with Gasteiger partial charge in [-0.15, -0.1) is 12.3 Å². The Bertz CT molecular complexity index is 516. The Morgan fingerprint density at radius 1 is 1.56 bits per heavy atom. The quantitative estimate of drug-likeness (QED) is 0.595. The van der Waals surface area contributed by atoms with Crippen molar-refractivity contribution in [2.75, 3.05) is 13.7 Å². The summed E-state index contributed by atoms with van der Waals surface area (Å²) in [6, 6.07) is 9.37. The van der Waals surface area contributed by atoms with E-state index in [1.165, 1.54) is 7.11 Å². The smallest absolute Gasteiger partial charge is 0.338 e. The zero-order valence-electron chi connectivity index (χ0n) is 10.1. The Kier molecular flexibility index (Phi) is 3.33. The normalized spacial score (nSPS) is 21.7. The molecule has 0 aliphatic carbocycles. The number of hydrogen-bond donors (Lipinski definition) is 0. The van der Waals surface area contributed by atoms with Gasteiger partial charge >= 0.3 is 5.97 Å². The Hall–Kier alpha value is -2.28. The summed E-state index contributed by atoms with van der Waals surface area (Å²) in [6.07, 6.45) is 5.45. The third-order valence-electron chi connectivity index (χ3n) is 2.74. The lowest BCUT2D eigenvalue weighted by Crippen LogP contribution is -2.39. The fourth-order valence-corrected chi connectivity index (χ4v) is 1.80. The highest BCUT2D eigenvalue weighted by Crippen LogP contribution is 2.26. The van der Waals surface area contributed by atoms with Crippen molar-refractivity contribution in [3.05, 3.63) is 35.9 Å². The standard InChI is InChI=1S/C14H13NO3/c1-3-9-14(13(16)17-2)10-18-12(15-14)11-7-5-4-6-8-11/h1,4-8H,9-10H2,2H3/t14-/m1/s1. The van der Waals surface area contributed by atoms with E-state index in [9.17, 15) is 4.79 Å². The van der Waals surface area contributed by atoms with Crippen molar-refractivity contribution in [3.63, 3.8) is 0 Å². The molecule has 4 heteroatoms. The van der Waals surface area contributed by atoms with Crippen LogP contribution < -0.4 is 0 Å². The molecule has 0 saturated heterocycles. The molecule has 0 radical (unpaired) electrons. The molecule has 1 aromatic rings. The van der Waals surface area contributed by atoms with Gasteiger partial charge < -0.3 is 9.47 Å². The van der Waals surface area contributed by atoms with E-state index in [2.05, 4.69) is 10.9 Å². The maximum Gasteiger partial charge on any atom is 0.338 e. The van der Waals surface area contributed by atoms with Crippen LogP contribution in [0.1, 0.15) is 12.0 Å². The summed E-state index contributed by atoms with van der Waals surface area (Å²) in [7, 11) is 1.32. The third kappa shape index (κ3) is 2.07. The number of nitrogens with zero attached hydrogens (tertiary/aromatic N) is 1. The number of methoxy groups -OCH3 is 1. The number of aliphatic imine (C=N–C) groups is 1. The van der Waals surface area contributed by atoms with Crippen LogP contribution in [0.5, 0.6) is 0 Å². The lowest BCUT2D eigenvalue weighted by Gasteiger charge is -2.17. The van der Waals surface area contributed by atoms with Crippen LogP contribution in [-0.4, -0.2) is 31.1 Å². The van der Waals surface area contributed by atoms with E-state index in [1.807, 2.05) is 30.3 Å². The molecule has 0 unspecified atom stereocenters. The molecule has 92 valence electrons. The molecule has 1 aromatic carbocycles. The van der Waals surface area contributed by atoms with Gasteiger partial charge in [0.25, 0.3) is 0 Å². The van der Waals surface area contributed by atoms with Crippen molar-refractivity contribution < 1.29 is 14.3 Å². The van der Waals surface area contributed by atoms with E-state index in [0.717, 1.165) is 5.56 Å². The minimum Gasteiger partial charge on any atom is -0.474 e. The summed E-state index contributed by atoms with van der Waals surface area (Å²) in [6.45, 7) is 0.119. The minimum absolute atomic E-state index is 0.119. The highest BCUT2D eigenvalue weighted by Gasteiger charge is 2.44. The summed E-state index contributed by atoms with van der Waals surface area (Å²) in [5, 5.41) is 0. The van der Waals surface area contributed by atoms with E-state index in [4.69, 9.17) is 15.9 Å². The van der Waals surface area contributed by atoms with E-state index in [-0.39, 0.29) is 13.0 Å². The zero-order valence-corrected chi connectivity index (χ0v) is 10.1. The van der Waals surface area contributed by atoms with Crippen LogP contribution >= 0.6 is 0 Å². The predicted molar refractivity (Wildman–Crippen MR) is 67.1 cm³/mol. The fourth-order valence-electron chi connectivity index (χ4n) is 1.80. The Balaban J connectivity index is 2.35. The van der Waals surface area contributed by atoms with Gasteiger partial charge in [0.05, 0.1) is 7.11 Å². The first-order chi connectivity index (χ1) is 8.72. The highest BCUT2D eigenvalue weighted by atomic mass is 16.5. The van der Waals surface area contributed by atoms with E-state index in [0.29, 0.717) is 5.90 Å². The monoisotopic (exact) mass is 243 g/mol. The van der Waals surface area contributed by atoms with E-state index < -0.39 is 11.5 Å². The van der Waals surface area contributed by atoms with E-state index >= 15 is 0 Å². The number of esters is 1. The van der Waals surface area contributed by atoms with Gasteiger partial charge in [0.2, 0.25) is 11.4 Å².